The second-order valence-corrected chi connectivity index (χ2v) is 8.10. The molecule has 0 aromatic heterocycles. The lowest BCUT2D eigenvalue weighted by Gasteiger charge is -2.32. The molecule has 6 heteroatoms. The van der Waals surface area contributed by atoms with Gasteiger partial charge in [-0.2, -0.15) is 13.1 Å². The van der Waals surface area contributed by atoms with Crippen LogP contribution in [-0.2, 0) is 23.1 Å². The molecule has 2 N–H and O–H groups in total. The molecule has 1 aromatic carbocycles. The van der Waals surface area contributed by atoms with Gasteiger partial charge in [0.15, 0.2) is 0 Å². The molecule has 0 spiro atoms. The van der Waals surface area contributed by atoms with Crippen LogP contribution in [0.3, 0.4) is 0 Å². The number of rotatable bonds is 1. The number of phenols is 1. The van der Waals surface area contributed by atoms with Gasteiger partial charge in [0.25, 0.3) is 0 Å². The molecule has 0 amide bonds. The van der Waals surface area contributed by atoms with Crippen LogP contribution in [0.4, 0.5) is 5.69 Å². The molecule has 1 heterocycles. The summed E-state index contributed by atoms with van der Waals surface area (Å²) in [4.78, 5) is 0. The fraction of sp³-hybridized carbons (Fsp3) is 0.571. The number of phenolic OH excluding ortho intramolecular Hbond substituents is 1. The zero-order valence-electron chi connectivity index (χ0n) is 11.8. The summed E-state index contributed by atoms with van der Waals surface area (Å²) in [7, 11) is -3.49. The van der Waals surface area contributed by atoms with Gasteiger partial charge in [-0.1, -0.05) is 13.8 Å². The zero-order chi connectivity index (χ0) is 14.5. The fourth-order valence-electron chi connectivity index (χ4n) is 3.06. The monoisotopic (exact) mass is 296 g/mol. The Bertz CT molecular complexity index is 653. The quantitative estimate of drug-likeness (QED) is 0.826. The molecule has 1 aliphatic carbocycles. The van der Waals surface area contributed by atoms with E-state index in [1.165, 1.54) is 4.31 Å². The summed E-state index contributed by atoms with van der Waals surface area (Å²) in [6.07, 6.45) is 2.93. The van der Waals surface area contributed by atoms with Crippen molar-refractivity contribution < 1.29 is 13.5 Å². The van der Waals surface area contributed by atoms with E-state index in [0.717, 1.165) is 30.4 Å². The van der Waals surface area contributed by atoms with Crippen LogP contribution in [0.1, 0.15) is 31.4 Å². The summed E-state index contributed by atoms with van der Waals surface area (Å²) in [5, 5.41) is 10.2. The van der Waals surface area contributed by atoms with Gasteiger partial charge in [0.05, 0.1) is 5.69 Å². The minimum Gasteiger partial charge on any atom is -0.506 e. The lowest BCUT2D eigenvalue weighted by atomic mass is 9.74. The van der Waals surface area contributed by atoms with Crippen molar-refractivity contribution in [3.63, 3.8) is 0 Å². The summed E-state index contributed by atoms with van der Waals surface area (Å²) in [5.41, 5.74) is 2.90. The Labute approximate surface area is 119 Å². The van der Waals surface area contributed by atoms with E-state index >= 15 is 0 Å². The normalized spacial score (nSPS) is 23.6. The van der Waals surface area contributed by atoms with E-state index in [2.05, 4.69) is 18.6 Å². The van der Waals surface area contributed by atoms with Crippen molar-refractivity contribution in [1.29, 1.82) is 0 Å². The summed E-state index contributed by atoms with van der Waals surface area (Å²) in [6, 6.07) is 3.57. The highest BCUT2D eigenvalue weighted by molar-refractivity contribution is 7.91. The van der Waals surface area contributed by atoms with Gasteiger partial charge in [-0.05, 0) is 47.9 Å². The van der Waals surface area contributed by atoms with Crippen LogP contribution in [0, 0.1) is 5.41 Å². The average Bonchev–Trinajstić information content (AvgIpc) is 2.68. The first kappa shape index (κ1) is 13.7. The van der Waals surface area contributed by atoms with Gasteiger partial charge in [0.2, 0.25) is 0 Å². The van der Waals surface area contributed by atoms with E-state index in [9.17, 15) is 13.5 Å². The molecule has 0 saturated carbocycles. The molecule has 0 radical (unpaired) electrons. The number of hydrogen-bond donors (Lipinski definition) is 2. The molecule has 5 nitrogen and oxygen atoms in total. The average molecular weight is 296 g/mol. The third kappa shape index (κ3) is 2.27. The maximum atomic E-state index is 11.9. The van der Waals surface area contributed by atoms with Crippen molar-refractivity contribution in [1.82, 2.24) is 4.72 Å². The number of nitrogens with one attached hydrogen (secondary N) is 1. The van der Waals surface area contributed by atoms with Crippen LogP contribution in [0.2, 0.25) is 0 Å². The van der Waals surface area contributed by atoms with Crippen LogP contribution in [0.15, 0.2) is 12.1 Å². The van der Waals surface area contributed by atoms with E-state index < -0.39 is 10.2 Å². The predicted molar refractivity (Wildman–Crippen MR) is 78.2 cm³/mol. The predicted octanol–water partition coefficient (Wildman–Crippen LogP) is 1.56. The molecule has 1 aliphatic heterocycles. The van der Waals surface area contributed by atoms with E-state index in [1.807, 2.05) is 6.07 Å². The Morgan fingerprint density at radius 1 is 1.30 bits per heavy atom. The van der Waals surface area contributed by atoms with Crippen molar-refractivity contribution in [2.24, 2.45) is 5.41 Å². The van der Waals surface area contributed by atoms with Crippen molar-refractivity contribution in [3.05, 3.63) is 23.3 Å². The molecule has 20 heavy (non-hydrogen) atoms. The van der Waals surface area contributed by atoms with Crippen LogP contribution >= 0.6 is 0 Å². The Hall–Kier alpha value is -1.27. The number of benzene rings is 1. The maximum absolute atomic E-state index is 11.9. The standard InChI is InChI=1S/C14H20N2O3S/c1-14(2)4-3-10-8-13(17)12(7-11(10)9-14)16-6-5-15-20(16,18)19/h7-8,15,17H,3-6,9H2,1-2H3. The Morgan fingerprint density at radius 2 is 2.05 bits per heavy atom. The first-order chi connectivity index (χ1) is 9.28. The largest absolute Gasteiger partial charge is 0.506 e. The number of hydrogen-bond acceptors (Lipinski definition) is 3. The smallest absolute Gasteiger partial charge is 0.301 e. The highest BCUT2D eigenvalue weighted by atomic mass is 32.2. The van der Waals surface area contributed by atoms with Crippen molar-refractivity contribution in [2.75, 3.05) is 17.4 Å². The van der Waals surface area contributed by atoms with Gasteiger partial charge in [-0.3, -0.25) is 4.31 Å². The first-order valence-electron chi connectivity index (χ1n) is 6.91. The van der Waals surface area contributed by atoms with E-state index in [1.54, 1.807) is 6.07 Å². The molecule has 0 bridgehead atoms. The SMILES string of the molecule is CC1(C)CCc2cc(O)c(N3CCNS3(=O)=O)cc2C1. The van der Waals surface area contributed by atoms with Gasteiger partial charge in [0.1, 0.15) is 5.75 Å². The first-order valence-corrected chi connectivity index (χ1v) is 8.35. The Kier molecular flexibility index (Phi) is 2.99. The topological polar surface area (TPSA) is 69.6 Å². The third-order valence-corrected chi connectivity index (χ3v) is 5.72. The third-order valence-electron chi connectivity index (χ3n) is 4.20. The van der Waals surface area contributed by atoms with Crippen molar-refractivity contribution in [3.8, 4) is 5.75 Å². The fourth-order valence-corrected chi connectivity index (χ4v) is 4.30. The number of nitrogens with zero attached hydrogens (tertiary/aromatic N) is 1. The van der Waals surface area contributed by atoms with Gasteiger partial charge < -0.3 is 5.11 Å². The summed E-state index contributed by atoms with van der Waals surface area (Å²) in [6.45, 7) is 5.18. The Balaban J connectivity index is 2.06. The van der Waals surface area contributed by atoms with Gasteiger partial charge >= 0.3 is 10.2 Å². The number of aryl methyl sites for hydroxylation is 1. The molecule has 3 rings (SSSR count). The highest BCUT2D eigenvalue weighted by Gasteiger charge is 2.32. The van der Waals surface area contributed by atoms with E-state index in [-0.39, 0.29) is 11.2 Å². The lowest BCUT2D eigenvalue weighted by Crippen LogP contribution is -2.30. The second kappa shape index (κ2) is 4.36. The van der Waals surface area contributed by atoms with E-state index in [0.29, 0.717) is 18.8 Å². The molecular formula is C14H20N2O3S. The summed E-state index contributed by atoms with van der Waals surface area (Å²) in [5.74, 6) is 0.0516. The molecule has 0 unspecified atom stereocenters. The number of fused-ring (bicyclic) bond motifs is 1. The van der Waals surface area contributed by atoms with Crippen LogP contribution in [-0.4, -0.2) is 26.6 Å². The highest BCUT2D eigenvalue weighted by Crippen LogP contribution is 2.40. The minimum absolute atomic E-state index is 0.0516. The maximum Gasteiger partial charge on any atom is 0.301 e. The lowest BCUT2D eigenvalue weighted by molar-refractivity contribution is 0.314. The molecule has 2 aliphatic rings. The molecule has 1 aromatic rings. The van der Waals surface area contributed by atoms with Gasteiger partial charge in [0, 0.05) is 13.1 Å². The van der Waals surface area contributed by atoms with Crippen LogP contribution in [0.5, 0.6) is 5.75 Å². The molecular weight excluding hydrogens is 276 g/mol. The van der Waals surface area contributed by atoms with Crippen LogP contribution in [0.25, 0.3) is 0 Å². The van der Waals surface area contributed by atoms with Crippen molar-refractivity contribution >= 4 is 15.9 Å². The number of anilines is 1. The molecule has 110 valence electrons. The molecule has 1 saturated heterocycles. The van der Waals surface area contributed by atoms with Crippen molar-refractivity contribution in [2.45, 2.75) is 33.1 Å². The van der Waals surface area contributed by atoms with Crippen LogP contribution < -0.4 is 9.03 Å². The van der Waals surface area contributed by atoms with Gasteiger partial charge in [-0.25, -0.2) is 0 Å². The van der Waals surface area contributed by atoms with Gasteiger partial charge in [-0.15, -0.1) is 0 Å². The summed E-state index contributed by atoms with van der Waals surface area (Å²) >= 11 is 0. The summed E-state index contributed by atoms with van der Waals surface area (Å²) < 4.78 is 27.5. The minimum atomic E-state index is -3.49. The van der Waals surface area contributed by atoms with E-state index in [4.69, 9.17) is 0 Å². The second-order valence-electron chi connectivity index (χ2n) is 6.42. The zero-order valence-corrected chi connectivity index (χ0v) is 12.6. The number of aromatic hydroxyl groups is 1. The molecule has 1 fully saturated rings. The molecule has 0 atom stereocenters. The Morgan fingerprint density at radius 3 is 2.70 bits per heavy atom.